The molecule has 158 valence electrons. The van der Waals surface area contributed by atoms with Gasteiger partial charge in [-0.05, 0) is 25.3 Å². The average Bonchev–Trinajstić information content (AvgIpc) is 3.17. The van der Waals surface area contributed by atoms with Crippen LogP contribution in [0.3, 0.4) is 0 Å². The maximum atomic E-state index is 11.8. The van der Waals surface area contributed by atoms with E-state index in [9.17, 15) is 8.42 Å². The molecule has 1 aromatic rings. The van der Waals surface area contributed by atoms with E-state index in [1.54, 1.807) is 21.0 Å². The molecule has 0 aromatic heterocycles. The summed E-state index contributed by atoms with van der Waals surface area (Å²) in [6.45, 7) is 6.17. The SMILES string of the molecule is CCS(=O)(=O)N(C)CCCNC(=NC)N1CCC(COCc2ccccc2)C1. The fourth-order valence-electron chi connectivity index (χ4n) is 3.27. The van der Waals surface area contributed by atoms with E-state index in [2.05, 4.69) is 27.3 Å². The van der Waals surface area contributed by atoms with E-state index in [-0.39, 0.29) is 5.75 Å². The molecule has 1 aromatic carbocycles. The molecule has 0 spiro atoms. The van der Waals surface area contributed by atoms with Crippen molar-refractivity contribution in [2.24, 2.45) is 10.9 Å². The predicted octanol–water partition coefficient (Wildman–Crippen LogP) is 1.77. The van der Waals surface area contributed by atoms with Gasteiger partial charge < -0.3 is 15.0 Å². The third-order valence-corrected chi connectivity index (χ3v) is 6.90. The molecule has 0 amide bonds. The van der Waals surface area contributed by atoms with Crippen molar-refractivity contribution in [2.75, 3.05) is 52.6 Å². The summed E-state index contributed by atoms with van der Waals surface area (Å²) < 4.78 is 30.8. The standard InChI is InChI=1S/C20H34N4O3S/c1-4-28(25,26)23(3)13-8-12-22-20(21-2)24-14-11-19(15-24)17-27-16-18-9-6-5-7-10-18/h5-7,9-10,19H,4,8,11-17H2,1-3H3,(H,21,22). The smallest absolute Gasteiger partial charge is 0.213 e. The first-order valence-corrected chi connectivity index (χ1v) is 11.6. The third-order valence-electron chi connectivity index (χ3n) is 5.03. The molecule has 1 atom stereocenters. The van der Waals surface area contributed by atoms with Crippen LogP contribution in [0.4, 0.5) is 0 Å². The molecule has 1 N–H and O–H groups in total. The maximum absolute atomic E-state index is 11.8. The van der Waals surface area contributed by atoms with Crippen LogP contribution in [0.2, 0.25) is 0 Å². The van der Waals surface area contributed by atoms with Crippen molar-refractivity contribution < 1.29 is 13.2 Å². The number of hydrogen-bond donors (Lipinski definition) is 1. The zero-order chi connectivity index (χ0) is 20.4. The van der Waals surface area contributed by atoms with Crippen LogP contribution < -0.4 is 5.32 Å². The molecule has 0 saturated carbocycles. The molecule has 1 unspecified atom stereocenters. The summed E-state index contributed by atoms with van der Waals surface area (Å²) >= 11 is 0. The first-order chi connectivity index (χ1) is 13.5. The normalized spacial score (nSPS) is 18.1. The lowest BCUT2D eigenvalue weighted by atomic mass is 10.1. The van der Waals surface area contributed by atoms with Crippen LogP contribution in [-0.4, -0.2) is 76.2 Å². The molecule has 0 radical (unpaired) electrons. The van der Waals surface area contributed by atoms with Crippen molar-refractivity contribution in [3.8, 4) is 0 Å². The Morgan fingerprint density at radius 1 is 1.36 bits per heavy atom. The van der Waals surface area contributed by atoms with Crippen LogP contribution in [0, 0.1) is 5.92 Å². The summed E-state index contributed by atoms with van der Waals surface area (Å²) in [5.74, 6) is 1.52. The number of ether oxygens (including phenoxy) is 1. The van der Waals surface area contributed by atoms with Gasteiger partial charge in [-0.15, -0.1) is 0 Å². The second-order valence-corrected chi connectivity index (χ2v) is 9.52. The minimum Gasteiger partial charge on any atom is -0.376 e. The van der Waals surface area contributed by atoms with Gasteiger partial charge in [-0.1, -0.05) is 30.3 Å². The zero-order valence-electron chi connectivity index (χ0n) is 17.3. The molecule has 0 bridgehead atoms. The fraction of sp³-hybridized carbons (Fsp3) is 0.650. The molecule has 7 nitrogen and oxygen atoms in total. The van der Waals surface area contributed by atoms with Crippen LogP contribution in [0.1, 0.15) is 25.3 Å². The van der Waals surface area contributed by atoms with E-state index in [1.807, 2.05) is 18.2 Å². The van der Waals surface area contributed by atoms with Crippen molar-refractivity contribution in [2.45, 2.75) is 26.4 Å². The number of hydrogen-bond acceptors (Lipinski definition) is 4. The van der Waals surface area contributed by atoms with Gasteiger partial charge in [0.15, 0.2) is 5.96 Å². The zero-order valence-corrected chi connectivity index (χ0v) is 18.1. The second-order valence-electron chi connectivity index (χ2n) is 7.15. The molecule has 1 aliphatic heterocycles. The van der Waals surface area contributed by atoms with Crippen molar-refractivity contribution >= 4 is 16.0 Å². The highest BCUT2D eigenvalue weighted by molar-refractivity contribution is 7.89. The van der Waals surface area contributed by atoms with Crippen molar-refractivity contribution in [3.05, 3.63) is 35.9 Å². The van der Waals surface area contributed by atoms with Gasteiger partial charge in [-0.2, -0.15) is 0 Å². The van der Waals surface area contributed by atoms with E-state index in [0.717, 1.165) is 38.5 Å². The molecule has 2 rings (SSSR count). The minimum atomic E-state index is -3.11. The molecule has 8 heteroatoms. The summed E-state index contributed by atoms with van der Waals surface area (Å²) in [5.41, 5.74) is 1.20. The van der Waals surface area contributed by atoms with Crippen molar-refractivity contribution in [1.82, 2.24) is 14.5 Å². The summed E-state index contributed by atoms with van der Waals surface area (Å²) in [4.78, 5) is 6.63. The number of rotatable bonds is 10. The lowest BCUT2D eigenvalue weighted by molar-refractivity contribution is 0.0907. The molecular formula is C20H34N4O3S. The molecule has 0 aliphatic carbocycles. The lowest BCUT2D eigenvalue weighted by Gasteiger charge is -2.22. The Bertz CT molecular complexity index is 709. The van der Waals surface area contributed by atoms with Crippen LogP contribution in [0.5, 0.6) is 0 Å². The number of aliphatic imine (C=N–C) groups is 1. The number of nitrogens with one attached hydrogen (secondary N) is 1. The molecule has 28 heavy (non-hydrogen) atoms. The highest BCUT2D eigenvalue weighted by Crippen LogP contribution is 2.17. The van der Waals surface area contributed by atoms with Gasteiger partial charge in [0.1, 0.15) is 0 Å². The molecule has 1 saturated heterocycles. The maximum Gasteiger partial charge on any atom is 0.213 e. The van der Waals surface area contributed by atoms with Gasteiger partial charge in [0.2, 0.25) is 10.0 Å². The Hall–Kier alpha value is -1.64. The third kappa shape index (κ3) is 7.07. The number of guanidine groups is 1. The van der Waals surface area contributed by atoms with Gasteiger partial charge >= 0.3 is 0 Å². The topological polar surface area (TPSA) is 74.2 Å². The largest absolute Gasteiger partial charge is 0.376 e. The van der Waals surface area contributed by atoms with Gasteiger partial charge in [0, 0.05) is 46.2 Å². The minimum absolute atomic E-state index is 0.139. The highest BCUT2D eigenvalue weighted by Gasteiger charge is 2.25. The Kier molecular flexibility index (Phi) is 9.21. The van der Waals surface area contributed by atoms with Crippen LogP contribution >= 0.6 is 0 Å². The summed E-state index contributed by atoms with van der Waals surface area (Å²) in [7, 11) is 0.315. The van der Waals surface area contributed by atoms with E-state index in [1.165, 1.54) is 9.87 Å². The highest BCUT2D eigenvalue weighted by atomic mass is 32.2. The van der Waals surface area contributed by atoms with E-state index in [4.69, 9.17) is 4.74 Å². The fourth-order valence-corrected chi connectivity index (χ4v) is 4.12. The molecular weight excluding hydrogens is 376 g/mol. The number of benzene rings is 1. The van der Waals surface area contributed by atoms with Crippen LogP contribution in [-0.2, 0) is 21.4 Å². The average molecular weight is 411 g/mol. The quantitative estimate of drug-likeness (QED) is 0.362. The first-order valence-electron chi connectivity index (χ1n) is 9.97. The summed E-state index contributed by atoms with van der Waals surface area (Å²) in [5, 5.41) is 3.35. The summed E-state index contributed by atoms with van der Waals surface area (Å²) in [6.07, 6.45) is 1.83. The van der Waals surface area contributed by atoms with Crippen LogP contribution in [0.25, 0.3) is 0 Å². The second kappa shape index (κ2) is 11.4. The van der Waals surface area contributed by atoms with Crippen molar-refractivity contribution in [3.63, 3.8) is 0 Å². The van der Waals surface area contributed by atoms with Gasteiger partial charge in [-0.3, -0.25) is 4.99 Å². The van der Waals surface area contributed by atoms with Gasteiger partial charge in [0.25, 0.3) is 0 Å². The Morgan fingerprint density at radius 2 is 2.11 bits per heavy atom. The number of sulfonamides is 1. The summed E-state index contributed by atoms with van der Waals surface area (Å²) in [6, 6.07) is 10.2. The molecule has 1 aliphatic rings. The van der Waals surface area contributed by atoms with E-state index < -0.39 is 10.0 Å². The Morgan fingerprint density at radius 3 is 2.79 bits per heavy atom. The van der Waals surface area contributed by atoms with Gasteiger partial charge in [0.05, 0.1) is 19.0 Å². The Labute approximate surface area is 169 Å². The van der Waals surface area contributed by atoms with E-state index in [0.29, 0.717) is 25.6 Å². The van der Waals surface area contributed by atoms with Gasteiger partial charge in [-0.25, -0.2) is 12.7 Å². The molecule has 1 fully saturated rings. The van der Waals surface area contributed by atoms with E-state index >= 15 is 0 Å². The Balaban J connectivity index is 1.66. The first kappa shape index (κ1) is 22.6. The number of nitrogens with zero attached hydrogens (tertiary/aromatic N) is 3. The number of likely N-dealkylation sites (tertiary alicyclic amines) is 1. The lowest BCUT2D eigenvalue weighted by Crippen LogP contribution is -2.41. The van der Waals surface area contributed by atoms with Crippen molar-refractivity contribution in [1.29, 1.82) is 0 Å². The monoisotopic (exact) mass is 410 g/mol. The predicted molar refractivity (Wildman–Crippen MR) is 114 cm³/mol. The molecule has 1 heterocycles. The van der Waals surface area contributed by atoms with Crippen LogP contribution in [0.15, 0.2) is 35.3 Å².